The molecule has 11 heteroatoms. The zero-order chi connectivity index (χ0) is 25.3. The highest BCUT2D eigenvalue weighted by molar-refractivity contribution is 5.70. The normalized spacial score (nSPS) is 20.8. The quantitative estimate of drug-likeness (QED) is 0.425. The molecule has 11 nitrogen and oxygen atoms in total. The molecule has 3 heterocycles. The molecule has 0 spiro atoms. The van der Waals surface area contributed by atoms with E-state index in [1.807, 2.05) is 26.1 Å². The average Bonchev–Trinajstić information content (AvgIpc) is 3.24. The number of nitrogens with zero attached hydrogens (tertiary/aromatic N) is 6. The molecule has 2 fully saturated rings. The van der Waals surface area contributed by atoms with Crippen molar-refractivity contribution < 1.29 is 19.2 Å². The summed E-state index contributed by atoms with van der Waals surface area (Å²) in [7, 11) is 1.83. The molecule has 36 heavy (non-hydrogen) atoms. The van der Waals surface area contributed by atoms with Crippen LogP contribution in [-0.4, -0.2) is 47.3 Å². The Labute approximate surface area is 209 Å². The van der Waals surface area contributed by atoms with Crippen molar-refractivity contribution in [3.8, 4) is 17.1 Å². The van der Waals surface area contributed by atoms with Gasteiger partial charge < -0.3 is 19.7 Å². The minimum atomic E-state index is -0.748. The number of rotatable bonds is 10. The highest BCUT2D eigenvalue weighted by Gasteiger charge is 2.37. The van der Waals surface area contributed by atoms with Crippen molar-refractivity contribution >= 4 is 11.9 Å². The highest BCUT2D eigenvalue weighted by atomic mass is 16.5. The van der Waals surface area contributed by atoms with Crippen molar-refractivity contribution in [2.24, 2.45) is 18.4 Å². The molecule has 2 atom stereocenters. The van der Waals surface area contributed by atoms with Crippen LogP contribution in [0.25, 0.3) is 11.4 Å². The zero-order valence-electron chi connectivity index (χ0n) is 21.0. The lowest BCUT2D eigenvalue weighted by molar-refractivity contribution is -0.143. The Kier molecular flexibility index (Phi) is 6.63. The Morgan fingerprint density at radius 3 is 2.89 bits per heavy atom. The predicted octanol–water partition coefficient (Wildman–Crippen LogP) is 3.94. The molecular weight excluding hydrogens is 462 g/mol. The molecule has 0 radical (unpaired) electrons. The fraction of sp³-hybridized carbons (Fsp3) is 0.600. The second kappa shape index (κ2) is 9.87. The summed E-state index contributed by atoms with van der Waals surface area (Å²) in [5.41, 5.74) is 3.35. The van der Waals surface area contributed by atoms with Crippen LogP contribution in [0.5, 0.6) is 5.75 Å². The van der Waals surface area contributed by atoms with Gasteiger partial charge in [-0.2, -0.15) is 4.98 Å². The fourth-order valence-electron chi connectivity index (χ4n) is 4.70. The van der Waals surface area contributed by atoms with Gasteiger partial charge in [0.2, 0.25) is 5.89 Å². The maximum absolute atomic E-state index is 11.4. The van der Waals surface area contributed by atoms with Gasteiger partial charge in [0, 0.05) is 13.5 Å². The van der Waals surface area contributed by atoms with Gasteiger partial charge in [0.05, 0.1) is 35.6 Å². The largest absolute Gasteiger partial charge is 0.489 e. The van der Waals surface area contributed by atoms with Crippen molar-refractivity contribution in [1.29, 1.82) is 0 Å². The van der Waals surface area contributed by atoms with Gasteiger partial charge in [-0.1, -0.05) is 12.1 Å². The summed E-state index contributed by atoms with van der Waals surface area (Å²) in [6, 6.07) is 3.73. The summed E-state index contributed by atoms with van der Waals surface area (Å²) >= 11 is 0. The highest BCUT2D eigenvalue weighted by Crippen LogP contribution is 2.48. The third-order valence-corrected chi connectivity index (χ3v) is 7.42. The molecule has 2 aliphatic rings. The molecule has 0 bridgehead atoms. The molecule has 2 N–H and O–H groups in total. The maximum atomic E-state index is 11.4. The zero-order valence-corrected chi connectivity index (χ0v) is 21.0. The van der Waals surface area contributed by atoms with Crippen LogP contribution in [0.1, 0.15) is 69.1 Å². The van der Waals surface area contributed by atoms with E-state index in [4.69, 9.17) is 14.2 Å². The van der Waals surface area contributed by atoms with Crippen LogP contribution >= 0.6 is 0 Å². The van der Waals surface area contributed by atoms with Gasteiger partial charge in [-0.15, -0.1) is 5.10 Å². The summed E-state index contributed by atoms with van der Waals surface area (Å²) in [5.74, 6) is 0.662. The van der Waals surface area contributed by atoms with Gasteiger partial charge in [-0.3, -0.25) is 4.79 Å². The van der Waals surface area contributed by atoms with Crippen molar-refractivity contribution in [1.82, 2.24) is 30.1 Å². The van der Waals surface area contributed by atoms with E-state index >= 15 is 0 Å². The number of ether oxygens (including phenoxy) is 1. The van der Waals surface area contributed by atoms with Crippen LogP contribution in [0.4, 0.5) is 5.95 Å². The van der Waals surface area contributed by atoms with E-state index in [2.05, 4.69) is 32.7 Å². The van der Waals surface area contributed by atoms with Gasteiger partial charge in [0.1, 0.15) is 11.4 Å². The van der Waals surface area contributed by atoms with Gasteiger partial charge in [-0.25, -0.2) is 9.67 Å². The second-order valence-corrected chi connectivity index (χ2v) is 10.4. The molecule has 3 aromatic heterocycles. The standard InChI is InChI=1S/C25H33N7O4/c1-15-20(35-17-6-4-5-16(13-17)23(33)34)8-7-18(27-15)22-19(32(3)31-29-22)14-26-24-28-21(36-30-24)9-10-25(2)11-12-25/h7-8,16-17H,4-6,9-14H2,1-3H3,(H,26,30)(H,33,34)/t16-,17-/m0/s1. The van der Waals surface area contributed by atoms with E-state index in [9.17, 15) is 9.90 Å². The number of carboxylic acid groups (broad SMARTS) is 1. The SMILES string of the molecule is Cc1nc(-c2nnn(C)c2CNc2noc(CCC3(C)CC3)n2)ccc1O[C@H]1CCC[C@H](C(=O)O)C1. The smallest absolute Gasteiger partial charge is 0.306 e. The number of anilines is 1. The first-order valence-corrected chi connectivity index (χ1v) is 12.6. The molecule has 0 amide bonds. The first kappa shape index (κ1) is 24.2. The number of pyridine rings is 1. The molecule has 0 aromatic carbocycles. The fourth-order valence-corrected chi connectivity index (χ4v) is 4.70. The van der Waals surface area contributed by atoms with Gasteiger partial charge in [0.25, 0.3) is 5.95 Å². The Balaban J connectivity index is 1.23. The minimum Gasteiger partial charge on any atom is -0.489 e. The number of nitrogens with one attached hydrogen (secondary N) is 1. The van der Waals surface area contributed by atoms with Gasteiger partial charge in [0.15, 0.2) is 0 Å². The van der Waals surface area contributed by atoms with Crippen molar-refractivity contribution in [3.05, 3.63) is 29.4 Å². The topological polar surface area (TPSA) is 141 Å². The molecule has 3 aromatic rings. The third-order valence-electron chi connectivity index (χ3n) is 7.42. The van der Waals surface area contributed by atoms with E-state index in [-0.39, 0.29) is 12.0 Å². The maximum Gasteiger partial charge on any atom is 0.306 e. The first-order chi connectivity index (χ1) is 17.3. The Morgan fingerprint density at radius 1 is 1.31 bits per heavy atom. The van der Waals surface area contributed by atoms with Crippen LogP contribution in [0, 0.1) is 18.3 Å². The van der Waals surface area contributed by atoms with E-state index in [0.29, 0.717) is 53.8 Å². The number of hydrogen-bond acceptors (Lipinski definition) is 9. The lowest BCUT2D eigenvalue weighted by Gasteiger charge is -2.27. The summed E-state index contributed by atoms with van der Waals surface area (Å²) in [4.78, 5) is 20.5. The summed E-state index contributed by atoms with van der Waals surface area (Å²) in [5, 5.41) is 25.1. The van der Waals surface area contributed by atoms with Crippen molar-refractivity contribution in [2.75, 3.05) is 5.32 Å². The van der Waals surface area contributed by atoms with Crippen LogP contribution in [0.15, 0.2) is 16.7 Å². The number of hydrogen-bond donors (Lipinski definition) is 2. The Bertz CT molecular complexity index is 1230. The molecule has 0 unspecified atom stereocenters. The Morgan fingerprint density at radius 2 is 2.14 bits per heavy atom. The van der Waals surface area contributed by atoms with Crippen molar-refractivity contribution in [2.45, 2.75) is 77.9 Å². The number of carboxylic acids is 1. The molecule has 2 saturated carbocycles. The van der Waals surface area contributed by atoms with E-state index in [1.165, 1.54) is 12.8 Å². The van der Waals surface area contributed by atoms with Crippen LogP contribution in [0.2, 0.25) is 0 Å². The first-order valence-electron chi connectivity index (χ1n) is 12.6. The Hall–Kier alpha value is -3.50. The number of carbonyl (C=O) groups is 1. The molecule has 2 aliphatic carbocycles. The molecule has 0 saturated heterocycles. The number of aryl methyl sites for hydroxylation is 3. The van der Waals surface area contributed by atoms with E-state index < -0.39 is 5.97 Å². The van der Waals surface area contributed by atoms with Crippen LogP contribution < -0.4 is 10.1 Å². The number of aliphatic carboxylic acids is 1. The summed E-state index contributed by atoms with van der Waals surface area (Å²) in [6.07, 6.45) is 7.21. The molecular formula is C25H33N7O4. The van der Waals surface area contributed by atoms with Crippen molar-refractivity contribution in [3.63, 3.8) is 0 Å². The molecule has 192 valence electrons. The summed E-state index contributed by atoms with van der Waals surface area (Å²) in [6.45, 7) is 4.58. The average molecular weight is 496 g/mol. The van der Waals surface area contributed by atoms with Gasteiger partial charge >= 0.3 is 5.97 Å². The predicted molar refractivity (Wildman–Crippen MR) is 130 cm³/mol. The van der Waals surface area contributed by atoms with Crippen LogP contribution in [0.3, 0.4) is 0 Å². The lowest BCUT2D eigenvalue weighted by Crippen LogP contribution is -2.29. The third kappa shape index (κ3) is 5.50. The van der Waals surface area contributed by atoms with E-state index in [1.54, 1.807) is 4.68 Å². The lowest BCUT2D eigenvalue weighted by atomic mass is 9.87. The summed E-state index contributed by atoms with van der Waals surface area (Å²) < 4.78 is 13.2. The van der Waals surface area contributed by atoms with Gasteiger partial charge in [-0.05, 0) is 74.6 Å². The van der Waals surface area contributed by atoms with Crippen LogP contribution in [-0.2, 0) is 24.8 Å². The van der Waals surface area contributed by atoms with E-state index in [0.717, 1.165) is 37.1 Å². The monoisotopic (exact) mass is 495 g/mol. The number of aromatic nitrogens is 6. The molecule has 5 rings (SSSR count). The second-order valence-electron chi connectivity index (χ2n) is 10.4. The molecule has 0 aliphatic heterocycles. The minimum absolute atomic E-state index is 0.116.